The van der Waals surface area contributed by atoms with Gasteiger partial charge in [-0.3, -0.25) is 14.4 Å². The Morgan fingerprint density at radius 2 is 1.82 bits per heavy atom. The molecular formula is C37H35N5O7S. The number of para-hydroxylation sites is 1. The molecule has 12 nitrogen and oxygen atoms in total. The van der Waals surface area contributed by atoms with E-state index in [0.29, 0.717) is 57.7 Å². The summed E-state index contributed by atoms with van der Waals surface area (Å²) in [6, 6.07) is 20.2. The third kappa shape index (κ3) is 6.34. The lowest BCUT2D eigenvalue weighted by atomic mass is 10.1. The number of methoxy groups -OCH3 is 2. The first kappa shape index (κ1) is 32.7. The van der Waals surface area contributed by atoms with E-state index < -0.39 is 5.97 Å². The van der Waals surface area contributed by atoms with Crippen molar-refractivity contribution in [3.8, 4) is 11.5 Å². The molecule has 0 saturated carbocycles. The number of benzene rings is 3. The zero-order valence-electron chi connectivity index (χ0n) is 27.7. The number of ether oxygens (including phenoxy) is 3. The summed E-state index contributed by atoms with van der Waals surface area (Å²) in [5.74, 6) is -0.145. The van der Waals surface area contributed by atoms with Crippen molar-refractivity contribution >= 4 is 67.9 Å². The number of amides is 3. The molecule has 2 aromatic heterocycles. The predicted molar refractivity (Wildman–Crippen MR) is 192 cm³/mol. The highest BCUT2D eigenvalue weighted by atomic mass is 32.1. The van der Waals surface area contributed by atoms with E-state index >= 15 is 0 Å². The number of aryl methyl sites for hydroxylation is 1. The first-order valence-corrected chi connectivity index (χ1v) is 16.9. The van der Waals surface area contributed by atoms with E-state index in [1.165, 1.54) is 25.6 Å². The molecule has 5 aromatic rings. The van der Waals surface area contributed by atoms with Crippen LogP contribution in [-0.2, 0) is 23.0 Å². The third-order valence-corrected chi connectivity index (χ3v) is 9.94. The molecule has 0 spiro atoms. The number of esters is 1. The van der Waals surface area contributed by atoms with E-state index in [1.54, 1.807) is 54.2 Å². The van der Waals surface area contributed by atoms with Gasteiger partial charge in [-0.1, -0.05) is 18.2 Å². The van der Waals surface area contributed by atoms with Gasteiger partial charge in [-0.2, -0.15) is 0 Å². The standard InChI is InChI=1S/C37H35N5O7S/c1-41-20-24(16-29(41)35(44)40-23-10-11-32-22(13-23)15-33(50-32)37(46)48-3)39-34(43)9-6-12-49-31-18-27-26(17-30(31)47-2)36(45)42-25(19-38-27)14-21-7-4-5-8-28(21)42/h4-5,7-8,10-11,13,15-18,20,25,38H,6,9,12,14,19H2,1-3H3,(H,39,43)(H,40,44)/t25-/m0/s1. The molecule has 13 heteroatoms. The molecule has 50 heavy (non-hydrogen) atoms. The molecule has 3 amide bonds. The van der Waals surface area contributed by atoms with Crippen LogP contribution in [0.2, 0.25) is 0 Å². The summed E-state index contributed by atoms with van der Waals surface area (Å²) in [5.41, 5.74) is 4.71. The lowest BCUT2D eigenvalue weighted by Crippen LogP contribution is -2.39. The Morgan fingerprint density at radius 3 is 2.64 bits per heavy atom. The topological polar surface area (TPSA) is 140 Å². The zero-order chi connectivity index (χ0) is 34.9. The summed E-state index contributed by atoms with van der Waals surface area (Å²) in [6.45, 7) is 0.850. The minimum Gasteiger partial charge on any atom is -0.493 e. The van der Waals surface area contributed by atoms with Gasteiger partial charge >= 0.3 is 5.97 Å². The van der Waals surface area contributed by atoms with Crippen molar-refractivity contribution in [3.63, 3.8) is 0 Å². The van der Waals surface area contributed by atoms with Gasteiger partial charge in [0.05, 0.1) is 43.8 Å². The Morgan fingerprint density at radius 1 is 0.980 bits per heavy atom. The Hall–Kier alpha value is -5.82. The smallest absolute Gasteiger partial charge is 0.348 e. The third-order valence-electron chi connectivity index (χ3n) is 8.84. The number of anilines is 4. The second-order valence-electron chi connectivity index (χ2n) is 12.1. The van der Waals surface area contributed by atoms with Gasteiger partial charge in [0.1, 0.15) is 10.6 Å². The molecule has 4 heterocycles. The average Bonchev–Trinajstić information content (AvgIpc) is 3.80. The van der Waals surface area contributed by atoms with Crippen LogP contribution >= 0.6 is 11.3 Å². The number of rotatable bonds is 10. The molecule has 0 fully saturated rings. The molecule has 0 radical (unpaired) electrons. The molecule has 1 atom stereocenters. The lowest BCUT2D eigenvalue weighted by Gasteiger charge is -2.22. The molecule has 256 valence electrons. The summed E-state index contributed by atoms with van der Waals surface area (Å²) in [5, 5.41) is 9.97. The summed E-state index contributed by atoms with van der Waals surface area (Å²) < 4.78 is 19.0. The van der Waals surface area contributed by atoms with E-state index in [4.69, 9.17) is 14.2 Å². The van der Waals surface area contributed by atoms with Gasteiger partial charge in [-0.05, 0) is 66.3 Å². The highest BCUT2D eigenvalue weighted by Crippen LogP contribution is 2.40. The van der Waals surface area contributed by atoms with Crippen molar-refractivity contribution in [1.82, 2.24) is 4.57 Å². The van der Waals surface area contributed by atoms with Crippen molar-refractivity contribution in [2.45, 2.75) is 25.3 Å². The molecule has 0 aliphatic carbocycles. The Balaban J connectivity index is 0.932. The first-order valence-electron chi connectivity index (χ1n) is 16.1. The average molecular weight is 694 g/mol. The second kappa shape index (κ2) is 13.6. The molecule has 0 saturated heterocycles. The molecule has 3 aromatic carbocycles. The SMILES string of the molecule is COC(=O)c1cc2cc(NC(=O)c3cc(NC(=O)CCCOc4cc5c(cc4OC)C(=O)N4c6ccccc6C[C@H]4CN5)cn3C)ccc2s1. The number of hydrogen-bond acceptors (Lipinski definition) is 9. The Kier molecular flexibility index (Phi) is 8.89. The summed E-state index contributed by atoms with van der Waals surface area (Å²) in [6.07, 6.45) is 3.07. The summed E-state index contributed by atoms with van der Waals surface area (Å²) in [7, 11) is 4.59. The zero-order valence-corrected chi connectivity index (χ0v) is 28.5. The number of carbonyl (C=O) groups is 4. The van der Waals surface area contributed by atoms with Crippen molar-refractivity contribution in [2.24, 2.45) is 7.05 Å². The monoisotopic (exact) mass is 693 g/mol. The maximum absolute atomic E-state index is 13.7. The van der Waals surface area contributed by atoms with Crippen LogP contribution in [0.25, 0.3) is 10.1 Å². The number of carbonyl (C=O) groups excluding carboxylic acids is 4. The minimum atomic E-state index is -0.406. The number of nitrogens with one attached hydrogen (secondary N) is 3. The van der Waals surface area contributed by atoms with Gasteiger partial charge in [-0.15, -0.1) is 11.3 Å². The second-order valence-corrected chi connectivity index (χ2v) is 13.2. The number of aromatic nitrogens is 1. The molecule has 0 unspecified atom stereocenters. The van der Waals surface area contributed by atoms with E-state index in [-0.39, 0.29) is 36.8 Å². The van der Waals surface area contributed by atoms with Crippen LogP contribution in [0.5, 0.6) is 11.5 Å². The predicted octanol–water partition coefficient (Wildman–Crippen LogP) is 6.08. The highest BCUT2D eigenvalue weighted by molar-refractivity contribution is 7.20. The number of hydrogen-bond donors (Lipinski definition) is 3. The lowest BCUT2D eigenvalue weighted by molar-refractivity contribution is -0.116. The van der Waals surface area contributed by atoms with Crippen molar-refractivity contribution < 1.29 is 33.4 Å². The van der Waals surface area contributed by atoms with E-state index in [9.17, 15) is 19.2 Å². The van der Waals surface area contributed by atoms with Gasteiger partial charge < -0.3 is 39.6 Å². The maximum atomic E-state index is 13.7. The van der Waals surface area contributed by atoms with Crippen LogP contribution in [0.15, 0.2) is 72.9 Å². The Labute approximate surface area is 291 Å². The number of thiophene rings is 1. The van der Waals surface area contributed by atoms with Crippen LogP contribution in [0, 0.1) is 0 Å². The summed E-state index contributed by atoms with van der Waals surface area (Å²) in [4.78, 5) is 53.8. The van der Waals surface area contributed by atoms with Crippen molar-refractivity contribution in [3.05, 3.63) is 94.6 Å². The van der Waals surface area contributed by atoms with Crippen LogP contribution in [0.4, 0.5) is 22.7 Å². The largest absolute Gasteiger partial charge is 0.493 e. The number of fused-ring (bicyclic) bond motifs is 5. The van der Waals surface area contributed by atoms with Crippen LogP contribution in [0.1, 0.15) is 48.9 Å². The van der Waals surface area contributed by atoms with E-state index in [1.807, 2.05) is 29.2 Å². The summed E-state index contributed by atoms with van der Waals surface area (Å²) >= 11 is 1.32. The fourth-order valence-corrected chi connectivity index (χ4v) is 7.39. The normalized spacial score (nSPS) is 14.6. The molecule has 3 N–H and O–H groups in total. The quantitative estimate of drug-likeness (QED) is 0.118. The van der Waals surface area contributed by atoms with Crippen LogP contribution in [0.3, 0.4) is 0 Å². The number of nitrogens with zero attached hydrogens (tertiary/aromatic N) is 2. The fraction of sp³-hybridized carbons (Fsp3) is 0.243. The van der Waals surface area contributed by atoms with Crippen LogP contribution < -0.4 is 30.3 Å². The van der Waals surface area contributed by atoms with E-state index in [0.717, 1.165) is 27.8 Å². The molecule has 7 rings (SSSR count). The molecular weight excluding hydrogens is 659 g/mol. The minimum absolute atomic E-state index is 0.0156. The van der Waals surface area contributed by atoms with Crippen LogP contribution in [-0.4, -0.2) is 61.7 Å². The fourth-order valence-electron chi connectivity index (χ4n) is 6.43. The van der Waals surface area contributed by atoms with Gasteiger partial charge in [0.2, 0.25) is 5.91 Å². The maximum Gasteiger partial charge on any atom is 0.348 e. The molecule has 2 aliphatic heterocycles. The Bertz CT molecular complexity index is 2160. The molecule has 0 bridgehead atoms. The molecule has 2 aliphatic rings. The van der Waals surface area contributed by atoms with Gasteiger partial charge in [-0.25, -0.2) is 4.79 Å². The highest BCUT2D eigenvalue weighted by Gasteiger charge is 2.37. The first-order chi connectivity index (χ1) is 24.2. The van der Waals surface area contributed by atoms with Gasteiger partial charge in [0.25, 0.3) is 11.8 Å². The van der Waals surface area contributed by atoms with E-state index in [2.05, 4.69) is 22.0 Å². The van der Waals surface area contributed by atoms with Crippen molar-refractivity contribution in [2.75, 3.05) is 48.2 Å². The van der Waals surface area contributed by atoms with Gasteiger partial charge in [0, 0.05) is 48.4 Å². The van der Waals surface area contributed by atoms with Gasteiger partial charge in [0.15, 0.2) is 11.5 Å². The van der Waals surface area contributed by atoms with Crippen molar-refractivity contribution in [1.29, 1.82) is 0 Å².